The summed E-state index contributed by atoms with van der Waals surface area (Å²) in [5, 5.41) is 0.175. The van der Waals surface area contributed by atoms with Crippen LogP contribution in [0.2, 0.25) is 18.1 Å². The van der Waals surface area contributed by atoms with Gasteiger partial charge in [0.15, 0.2) is 14.1 Å². The minimum Gasteiger partial charge on any atom is -0.407 e. The molecule has 1 rings (SSSR count). The second-order valence-electron chi connectivity index (χ2n) is 5.75. The van der Waals surface area contributed by atoms with Crippen molar-refractivity contribution in [3.8, 4) is 0 Å². The lowest BCUT2D eigenvalue weighted by Crippen LogP contribution is -2.46. The lowest BCUT2D eigenvalue weighted by molar-refractivity contribution is -0.122. The van der Waals surface area contributed by atoms with Crippen LogP contribution in [0.15, 0.2) is 12.2 Å². The van der Waals surface area contributed by atoms with Gasteiger partial charge in [-0.2, -0.15) is 0 Å². The van der Waals surface area contributed by atoms with E-state index in [-0.39, 0.29) is 16.9 Å². The lowest BCUT2D eigenvalue weighted by Gasteiger charge is -2.39. The Morgan fingerprint density at radius 1 is 1.40 bits per heavy atom. The van der Waals surface area contributed by atoms with Crippen LogP contribution in [0.25, 0.3) is 0 Å². The van der Waals surface area contributed by atoms with E-state index in [1.165, 1.54) is 0 Å². The van der Waals surface area contributed by atoms with Gasteiger partial charge in [0, 0.05) is 0 Å². The standard InChI is InChI=1S/C12H22O2Si/c1-12(2,3)15(4,5)14-11-9-7-6-8-10(11)13/h6,8,11H,7,9H2,1-5H3/t11-/m0/s1. The van der Waals surface area contributed by atoms with E-state index < -0.39 is 8.32 Å². The van der Waals surface area contributed by atoms with Gasteiger partial charge >= 0.3 is 0 Å². The molecule has 0 amide bonds. The van der Waals surface area contributed by atoms with Crippen LogP contribution in [-0.4, -0.2) is 20.2 Å². The molecule has 0 saturated heterocycles. The first-order chi connectivity index (χ1) is 6.74. The van der Waals surface area contributed by atoms with Crippen LogP contribution in [0.5, 0.6) is 0 Å². The van der Waals surface area contributed by atoms with E-state index in [2.05, 4.69) is 33.9 Å². The SMILES string of the molecule is CC(C)(C)[Si](C)(C)O[C@H]1CCC=CC1=O. The molecule has 0 saturated carbocycles. The zero-order chi connectivity index (χ0) is 11.7. The van der Waals surface area contributed by atoms with E-state index in [0.29, 0.717) is 0 Å². The fourth-order valence-electron chi connectivity index (χ4n) is 1.35. The van der Waals surface area contributed by atoms with E-state index in [4.69, 9.17) is 4.43 Å². The summed E-state index contributed by atoms with van der Waals surface area (Å²) in [6.07, 6.45) is 5.23. The Kier molecular flexibility index (Phi) is 3.56. The van der Waals surface area contributed by atoms with Gasteiger partial charge in [0.05, 0.1) is 0 Å². The number of hydrogen-bond acceptors (Lipinski definition) is 2. The van der Waals surface area contributed by atoms with Gasteiger partial charge in [-0.1, -0.05) is 26.8 Å². The Morgan fingerprint density at radius 3 is 2.47 bits per heavy atom. The van der Waals surface area contributed by atoms with Crippen LogP contribution in [0.4, 0.5) is 0 Å². The summed E-state index contributed by atoms with van der Waals surface area (Å²) in [4.78, 5) is 11.6. The smallest absolute Gasteiger partial charge is 0.193 e. The third-order valence-corrected chi connectivity index (χ3v) is 7.92. The molecule has 2 nitrogen and oxygen atoms in total. The molecule has 0 fully saturated rings. The molecule has 0 unspecified atom stereocenters. The molecule has 0 aromatic carbocycles. The quantitative estimate of drug-likeness (QED) is 0.675. The van der Waals surface area contributed by atoms with Crippen LogP contribution in [0.3, 0.4) is 0 Å². The highest BCUT2D eigenvalue weighted by molar-refractivity contribution is 6.74. The highest BCUT2D eigenvalue weighted by atomic mass is 28.4. The Hall–Kier alpha value is -0.413. The minimum atomic E-state index is -1.79. The largest absolute Gasteiger partial charge is 0.407 e. The normalized spacial score (nSPS) is 23.3. The maximum atomic E-state index is 11.6. The monoisotopic (exact) mass is 226 g/mol. The summed E-state index contributed by atoms with van der Waals surface area (Å²) >= 11 is 0. The summed E-state index contributed by atoms with van der Waals surface area (Å²) in [6, 6.07) is 0. The van der Waals surface area contributed by atoms with Crippen LogP contribution >= 0.6 is 0 Å². The second-order valence-corrected chi connectivity index (χ2v) is 10.5. The summed E-state index contributed by atoms with van der Waals surface area (Å²) < 4.78 is 6.09. The van der Waals surface area contributed by atoms with Crippen molar-refractivity contribution in [3.63, 3.8) is 0 Å². The fraction of sp³-hybridized carbons (Fsp3) is 0.750. The van der Waals surface area contributed by atoms with Crippen molar-refractivity contribution in [1.29, 1.82) is 0 Å². The number of allylic oxidation sites excluding steroid dienone is 1. The Balaban J connectivity index is 2.69. The molecule has 0 N–H and O–H groups in total. The van der Waals surface area contributed by atoms with Gasteiger partial charge in [0.2, 0.25) is 0 Å². The van der Waals surface area contributed by atoms with E-state index in [9.17, 15) is 4.79 Å². The maximum absolute atomic E-state index is 11.6. The summed E-state index contributed by atoms with van der Waals surface area (Å²) in [5.41, 5.74) is 0. The zero-order valence-electron chi connectivity index (χ0n) is 10.5. The number of hydrogen-bond donors (Lipinski definition) is 0. The zero-order valence-corrected chi connectivity index (χ0v) is 11.5. The molecule has 86 valence electrons. The number of carbonyl (C=O) groups excluding carboxylic acids is 1. The predicted molar refractivity (Wildman–Crippen MR) is 65.5 cm³/mol. The molecule has 0 aromatic rings. The molecule has 0 aliphatic heterocycles. The van der Waals surface area contributed by atoms with Crippen LogP contribution in [0, 0.1) is 0 Å². The summed E-state index contributed by atoms with van der Waals surface area (Å²) in [7, 11) is -1.79. The molecule has 0 radical (unpaired) electrons. The predicted octanol–water partition coefficient (Wildman–Crippen LogP) is 3.30. The van der Waals surface area contributed by atoms with Crippen LogP contribution in [-0.2, 0) is 9.22 Å². The van der Waals surface area contributed by atoms with E-state index >= 15 is 0 Å². The van der Waals surface area contributed by atoms with Crippen molar-refractivity contribution in [2.45, 2.75) is 57.8 Å². The van der Waals surface area contributed by atoms with Crippen molar-refractivity contribution in [1.82, 2.24) is 0 Å². The van der Waals surface area contributed by atoms with E-state index in [1.807, 2.05) is 6.08 Å². The van der Waals surface area contributed by atoms with Crippen LogP contribution in [0.1, 0.15) is 33.6 Å². The first-order valence-electron chi connectivity index (χ1n) is 5.62. The third kappa shape index (κ3) is 3.02. The molecular formula is C12H22O2Si. The molecular weight excluding hydrogens is 204 g/mol. The van der Waals surface area contributed by atoms with Crippen molar-refractivity contribution < 1.29 is 9.22 Å². The van der Waals surface area contributed by atoms with Crippen molar-refractivity contribution in [2.24, 2.45) is 0 Å². The summed E-state index contributed by atoms with van der Waals surface area (Å²) in [6.45, 7) is 11.0. The molecule has 15 heavy (non-hydrogen) atoms. The number of ketones is 1. The Morgan fingerprint density at radius 2 is 2.00 bits per heavy atom. The molecule has 0 spiro atoms. The fourth-order valence-corrected chi connectivity index (χ4v) is 2.64. The third-order valence-electron chi connectivity index (χ3n) is 3.44. The molecule has 0 aromatic heterocycles. The van der Waals surface area contributed by atoms with Gasteiger partial charge in [-0.3, -0.25) is 4.79 Å². The number of rotatable bonds is 2. The highest BCUT2D eigenvalue weighted by Gasteiger charge is 2.40. The van der Waals surface area contributed by atoms with Crippen molar-refractivity contribution >= 4 is 14.1 Å². The second kappa shape index (κ2) is 4.22. The molecule has 0 bridgehead atoms. The first-order valence-corrected chi connectivity index (χ1v) is 8.53. The van der Waals surface area contributed by atoms with E-state index in [0.717, 1.165) is 12.8 Å². The average molecular weight is 226 g/mol. The Labute approximate surface area is 93.8 Å². The van der Waals surface area contributed by atoms with Crippen molar-refractivity contribution in [2.75, 3.05) is 0 Å². The summed E-state index contributed by atoms with van der Waals surface area (Å²) in [5.74, 6) is 0.145. The van der Waals surface area contributed by atoms with Gasteiger partial charge in [0.1, 0.15) is 6.10 Å². The topological polar surface area (TPSA) is 26.3 Å². The van der Waals surface area contributed by atoms with Crippen LogP contribution < -0.4 is 0 Å². The molecule has 0 heterocycles. The molecule has 1 atom stereocenters. The average Bonchev–Trinajstić information content (AvgIpc) is 2.06. The van der Waals surface area contributed by atoms with Gasteiger partial charge in [-0.15, -0.1) is 0 Å². The maximum Gasteiger partial charge on any atom is 0.193 e. The Bertz CT molecular complexity index is 274. The number of carbonyl (C=O) groups is 1. The molecule has 3 heteroatoms. The van der Waals surface area contributed by atoms with Gasteiger partial charge in [-0.05, 0) is 37.0 Å². The van der Waals surface area contributed by atoms with Gasteiger partial charge in [0.25, 0.3) is 0 Å². The minimum absolute atomic E-state index is 0.145. The lowest BCUT2D eigenvalue weighted by atomic mass is 10.0. The molecule has 1 aliphatic rings. The molecule has 1 aliphatic carbocycles. The van der Waals surface area contributed by atoms with Crippen molar-refractivity contribution in [3.05, 3.63) is 12.2 Å². The van der Waals surface area contributed by atoms with E-state index in [1.54, 1.807) is 6.08 Å². The highest BCUT2D eigenvalue weighted by Crippen LogP contribution is 2.38. The van der Waals surface area contributed by atoms with Gasteiger partial charge in [-0.25, -0.2) is 0 Å². The first kappa shape index (κ1) is 12.7. The van der Waals surface area contributed by atoms with Gasteiger partial charge < -0.3 is 4.43 Å².